The van der Waals surface area contributed by atoms with Gasteiger partial charge in [0.1, 0.15) is 22.8 Å². The van der Waals surface area contributed by atoms with Crippen molar-refractivity contribution < 1.29 is 38.8 Å². The van der Waals surface area contributed by atoms with Crippen molar-refractivity contribution in [3.05, 3.63) is 65.1 Å². The highest BCUT2D eigenvalue weighted by atomic mass is 32.2. The fraction of sp³-hybridized carbons (Fsp3) is 0.320. The number of hydrogen-bond donors (Lipinski definition) is 4. The van der Waals surface area contributed by atoms with Gasteiger partial charge in [0.05, 0.1) is 0 Å². The van der Waals surface area contributed by atoms with Gasteiger partial charge in [-0.2, -0.15) is 0 Å². The Morgan fingerprint density at radius 1 is 1.27 bits per heavy atom. The number of carbonyl (C=O) groups excluding carboxylic acids is 2. The lowest BCUT2D eigenvalue weighted by molar-refractivity contribution is -0.687. The number of thioether (sulfide) groups is 1. The molecule has 2 atom stereocenters. The molecule has 13 nitrogen and oxygen atoms in total. The minimum absolute atomic E-state index is 0.0645. The molecule has 4 heterocycles. The van der Waals surface area contributed by atoms with Crippen molar-refractivity contribution >= 4 is 57.7 Å². The smallest absolute Gasteiger partial charge is 0.352 e. The number of aromatic nitrogens is 2. The first kappa shape index (κ1) is 27.3. The Labute approximate surface area is 236 Å². The average Bonchev–Trinajstić information content (AvgIpc) is 3.34. The fourth-order valence-electron chi connectivity index (χ4n) is 4.43. The molecule has 1 saturated heterocycles. The number of nitrogens with one attached hydrogen (secondary N) is 1. The molecule has 2 aromatic rings. The summed E-state index contributed by atoms with van der Waals surface area (Å²) < 4.78 is 1.92. The van der Waals surface area contributed by atoms with Crippen molar-refractivity contribution in [2.45, 2.75) is 42.8 Å². The number of carboxylic acid groups (broad SMARTS) is 2. The molecule has 2 fully saturated rings. The third-order valence-electron chi connectivity index (χ3n) is 6.74. The number of aliphatic carboxylic acids is 2. The van der Waals surface area contributed by atoms with E-state index in [4.69, 9.17) is 10.6 Å². The molecule has 3 aliphatic rings. The number of amides is 2. The normalized spacial score (nSPS) is 21.9. The van der Waals surface area contributed by atoms with Crippen molar-refractivity contribution in [1.29, 1.82) is 0 Å². The lowest BCUT2D eigenvalue weighted by Crippen LogP contribution is -2.71. The number of anilines is 1. The Hall–Kier alpha value is -4.24. The van der Waals surface area contributed by atoms with Crippen LogP contribution >= 0.6 is 23.1 Å². The van der Waals surface area contributed by atoms with Crippen LogP contribution in [0.25, 0.3) is 0 Å². The van der Waals surface area contributed by atoms with Crippen LogP contribution in [0, 0.1) is 0 Å². The van der Waals surface area contributed by atoms with E-state index >= 15 is 0 Å². The summed E-state index contributed by atoms with van der Waals surface area (Å²) in [5, 5.41) is 26.8. The van der Waals surface area contributed by atoms with Gasteiger partial charge in [-0.15, -0.1) is 23.1 Å². The maximum atomic E-state index is 13.3. The minimum atomic E-state index is -1.53. The SMILES string of the molecule is Nc1nc(/C(=N/OC2(C(=O)O)CCC2)C(=O)NC2C(=O)N3C(C(=O)O)=C(/C=C/C[n+]4ccccc4)CS[C@H]23)cs1. The van der Waals surface area contributed by atoms with Crippen LogP contribution in [-0.2, 0) is 30.6 Å². The molecule has 40 heavy (non-hydrogen) atoms. The summed E-state index contributed by atoms with van der Waals surface area (Å²) in [6.45, 7) is 0.520. The molecule has 5 N–H and O–H groups in total. The highest BCUT2D eigenvalue weighted by molar-refractivity contribution is 8.00. The van der Waals surface area contributed by atoms with Gasteiger partial charge in [-0.25, -0.2) is 19.1 Å². The van der Waals surface area contributed by atoms with Gasteiger partial charge in [0, 0.05) is 36.1 Å². The number of nitrogens with zero attached hydrogens (tertiary/aromatic N) is 4. The first-order valence-electron chi connectivity index (χ1n) is 12.2. The van der Waals surface area contributed by atoms with Crippen LogP contribution in [0.1, 0.15) is 25.0 Å². The highest BCUT2D eigenvalue weighted by Crippen LogP contribution is 2.41. The zero-order valence-corrected chi connectivity index (χ0v) is 22.6. The van der Waals surface area contributed by atoms with Crippen molar-refractivity contribution in [3.8, 4) is 0 Å². The van der Waals surface area contributed by atoms with E-state index in [2.05, 4.69) is 15.5 Å². The molecular formula is C25H25N6O7S2+. The first-order valence-corrected chi connectivity index (χ1v) is 14.2. The van der Waals surface area contributed by atoms with E-state index in [1.807, 2.05) is 41.2 Å². The van der Waals surface area contributed by atoms with Gasteiger partial charge < -0.3 is 26.1 Å². The fourth-order valence-corrected chi connectivity index (χ4v) is 6.30. The summed E-state index contributed by atoms with van der Waals surface area (Å²) in [4.78, 5) is 60.7. The molecule has 15 heteroatoms. The molecule has 0 aromatic carbocycles. The van der Waals surface area contributed by atoms with Gasteiger partial charge >= 0.3 is 11.9 Å². The summed E-state index contributed by atoms with van der Waals surface area (Å²) in [5.74, 6) is -3.54. The number of carboxylic acids is 2. The van der Waals surface area contributed by atoms with Crippen molar-refractivity contribution in [3.63, 3.8) is 0 Å². The Balaban J connectivity index is 1.32. The van der Waals surface area contributed by atoms with Crippen LogP contribution in [-0.4, -0.2) is 72.3 Å². The summed E-state index contributed by atoms with van der Waals surface area (Å²) >= 11 is 2.37. The van der Waals surface area contributed by atoms with E-state index in [0.717, 1.165) is 11.3 Å². The second-order valence-corrected chi connectivity index (χ2v) is 11.3. The molecule has 1 saturated carbocycles. The molecular weight excluding hydrogens is 560 g/mol. The second kappa shape index (κ2) is 11.1. The quantitative estimate of drug-likeness (QED) is 0.134. The molecule has 0 radical (unpaired) electrons. The number of hydrogen-bond acceptors (Lipinski definition) is 10. The highest BCUT2D eigenvalue weighted by Gasteiger charge is 2.54. The molecule has 1 unspecified atom stereocenters. The number of carbonyl (C=O) groups is 4. The Morgan fingerprint density at radius 3 is 2.62 bits per heavy atom. The Kier molecular flexibility index (Phi) is 7.58. The maximum Gasteiger partial charge on any atom is 0.352 e. The maximum absolute atomic E-state index is 13.3. The van der Waals surface area contributed by atoms with Crippen molar-refractivity contribution in [2.24, 2.45) is 5.16 Å². The number of rotatable bonds is 10. The standard InChI is InChI=1S/C25H24N6O7S2/c26-24-27-15(13-40-24)16(29-38-25(23(36)37)7-5-8-25)19(32)28-17-20(33)31-18(22(34)35)14(12-39-21(17)31)6-4-11-30-9-2-1-3-10-30/h1-4,6,9-10,13,17,21H,5,7-8,11-12H2,(H4-,26,27,28,32,34,35,36,37)/p+1/b6-4+,29-16-/t17?,21-/m1/s1. The van der Waals surface area contributed by atoms with Gasteiger partial charge in [0.25, 0.3) is 11.8 Å². The number of oxime groups is 1. The van der Waals surface area contributed by atoms with Crippen LogP contribution in [0.5, 0.6) is 0 Å². The monoisotopic (exact) mass is 585 g/mol. The van der Waals surface area contributed by atoms with E-state index in [-0.39, 0.29) is 35.1 Å². The van der Waals surface area contributed by atoms with Crippen molar-refractivity contribution in [1.82, 2.24) is 15.2 Å². The van der Waals surface area contributed by atoms with E-state index < -0.39 is 40.8 Å². The third kappa shape index (κ3) is 5.16. The minimum Gasteiger partial charge on any atom is -0.478 e. The second-order valence-electron chi connectivity index (χ2n) is 9.27. The van der Waals surface area contributed by atoms with Gasteiger partial charge in [0.2, 0.25) is 5.60 Å². The van der Waals surface area contributed by atoms with Crippen LogP contribution in [0.4, 0.5) is 5.13 Å². The predicted molar refractivity (Wildman–Crippen MR) is 144 cm³/mol. The number of β-lactam (4-membered cyclic amide) rings is 1. The average molecular weight is 586 g/mol. The molecule has 2 aliphatic heterocycles. The third-order valence-corrected chi connectivity index (χ3v) is 8.72. The number of nitrogens with two attached hydrogens (primary N) is 1. The van der Waals surface area contributed by atoms with Crippen LogP contribution in [0.2, 0.25) is 0 Å². The van der Waals surface area contributed by atoms with Gasteiger partial charge in [-0.3, -0.25) is 14.5 Å². The lowest BCUT2D eigenvalue weighted by Gasteiger charge is -2.49. The van der Waals surface area contributed by atoms with Gasteiger partial charge in [-0.1, -0.05) is 17.3 Å². The topological polar surface area (TPSA) is 188 Å². The van der Waals surface area contributed by atoms with Crippen LogP contribution in [0.3, 0.4) is 0 Å². The summed E-state index contributed by atoms with van der Waals surface area (Å²) in [5.41, 5.74) is 4.27. The van der Waals surface area contributed by atoms with Gasteiger partial charge in [0.15, 0.2) is 29.8 Å². The Morgan fingerprint density at radius 2 is 2.02 bits per heavy atom. The molecule has 0 bridgehead atoms. The Bertz CT molecular complexity index is 1450. The molecule has 2 aromatic heterocycles. The molecule has 1 aliphatic carbocycles. The number of fused-ring (bicyclic) bond motifs is 1. The van der Waals surface area contributed by atoms with E-state index in [9.17, 15) is 29.4 Å². The van der Waals surface area contributed by atoms with E-state index in [1.54, 1.807) is 6.08 Å². The van der Waals surface area contributed by atoms with Crippen molar-refractivity contribution in [2.75, 3.05) is 11.5 Å². The largest absolute Gasteiger partial charge is 0.478 e. The molecule has 208 valence electrons. The summed E-state index contributed by atoms with van der Waals surface area (Å²) in [6, 6.07) is 4.62. The van der Waals surface area contributed by atoms with Crippen LogP contribution in [0.15, 0.2) is 64.6 Å². The predicted octanol–water partition coefficient (Wildman–Crippen LogP) is 0.736. The molecule has 2 amide bonds. The van der Waals surface area contributed by atoms with E-state index in [0.29, 0.717) is 24.3 Å². The van der Waals surface area contributed by atoms with E-state index in [1.165, 1.54) is 22.0 Å². The van der Waals surface area contributed by atoms with Gasteiger partial charge in [-0.05, 0) is 18.1 Å². The number of allylic oxidation sites excluding steroid dienone is 2. The number of thiazole rings is 1. The zero-order chi connectivity index (χ0) is 28.4. The lowest BCUT2D eigenvalue weighted by atomic mass is 9.80. The first-order chi connectivity index (χ1) is 19.2. The molecule has 5 rings (SSSR count). The zero-order valence-electron chi connectivity index (χ0n) is 20.9. The van der Waals surface area contributed by atoms with Crippen LogP contribution < -0.4 is 15.6 Å². The number of nitrogen functional groups attached to an aromatic ring is 1. The summed E-state index contributed by atoms with van der Waals surface area (Å²) in [7, 11) is 0. The molecule has 0 spiro atoms. The summed E-state index contributed by atoms with van der Waals surface area (Å²) in [6.07, 6.45) is 8.38. The number of pyridine rings is 1.